The maximum Gasteiger partial charge on any atom is 0.214 e. The van der Waals surface area contributed by atoms with E-state index in [1.165, 1.54) is 0 Å². The average molecular weight is 208 g/mol. The standard InChI is InChI=1S/C12H20N2O/c1-5-9-12(2,3)14-10-7-6-8-11(13-10)15-4/h6-8H,5,9H2,1-4H3,(H,13,14). The van der Waals surface area contributed by atoms with Crippen LogP contribution in [-0.4, -0.2) is 17.6 Å². The molecule has 84 valence electrons. The van der Waals surface area contributed by atoms with Gasteiger partial charge in [0, 0.05) is 11.6 Å². The van der Waals surface area contributed by atoms with Crippen LogP contribution in [0.4, 0.5) is 5.82 Å². The van der Waals surface area contributed by atoms with E-state index in [-0.39, 0.29) is 5.54 Å². The second-order valence-electron chi connectivity index (χ2n) is 4.32. The molecule has 3 heteroatoms. The molecule has 1 aromatic rings. The van der Waals surface area contributed by atoms with E-state index in [1.54, 1.807) is 7.11 Å². The second kappa shape index (κ2) is 5.01. The highest BCUT2D eigenvalue weighted by atomic mass is 16.5. The summed E-state index contributed by atoms with van der Waals surface area (Å²) in [4.78, 5) is 4.33. The van der Waals surface area contributed by atoms with Crippen LogP contribution in [0.25, 0.3) is 0 Å². The predicted molar refractivity (Wildman–Crippen MR) is 63.4 cm³/mol. The first-order valence-electron chi connectivity index (χ1n) is 5.36. The molecule has 0 aliphatic rings. The Kier molecular flexibility index (Phi) is 3.95. The highest BCUT2D eigenvalue weighted by Gasteiger charge is 2.16. The number of pyridine rings is 1. The first kappa shape index (κ1) is 11.8. The zero-order valence-electron chi connectivity index (χ0n) is 10.0. The summed E-state index contributed by atoms with van der Waals surface area (Å²) >= 11 is 0. The molecule has 0 bridgehead atoms. The fourth-order valence-electron chi connectivity index (χ4n) is 1.63. The number of hydrogen-bond acceptors (Lipinski definition) is 3. The molecule has 0 aromatic carbocycles. The molecule has 0 aliphatic heterocycles. The van der Waals surface area contributed by atoms with Crippen LogP contribution in [0.5, 0.6) is 5.88 Å². The Balaban J connectivity index is 2.71. The molecule has 1 N–H and O–H groups in total. The minimum absolute atomic E-state index is 0.0775. The van der Waals surface area contributed by atoms with Gasteiger partial charge in [0.05, 0.1) is 7.11 Å². The average Bonchev–Trinajstić information content (AvgIpc) is 2.17. The van der Waals surface area contributed by atoms with Gasteiger partial charge in [-0.2, -0.15) is 4.98 Å². The van der Waals surface area contributed by atoms with Gasteiger partial charge in [0.1, 0.15) is 5.82 Å². The smallest absolute Gasteiger partial charge is 0.214 e. The molecule has 3 nitrogen and oxygen atoms in total. The van der Waals surface area contributed by atoms with E-state index in [2.05, 4.69) is 31.1 Å². The summed E-state index contributed by atoms with van der Waals surface area (Å²) < 4.78 is 5.08. The molecule has 0 spiro atoms. The highest BCUT2D eigenvalue weighted by molar-refractivity contribution is 5.39. The topological polar surface area (TPSA) is 34.1 Å². The molecule has 1 heterocycles. The largest absolute Gasteiger partial charge is 0.481 e. The van der Waals surface area contributed by atoms with Gasteiger partial charge in [0.15, 0.2) is 0 Å². The summed E-state index contributed by atoms with van der Waals surface area (Å²) in [6, 6.07) is 5.74. The lowest BCUT2D eigenvalue weighted by atomic mass is 9.99. The van der Waals surface area contributed by atoms with Crippen LogP contribution < -0.4 is 10.1 Å². The van der Waals surface area contributed by atoms with Gasteiger partial charge in [-0.3, -0.25) is 0 Å². The fraction of sp³-hybridized carbons (Fsp3) is 0.583. The van der Waals surface area contributed by atoms with Gasteiger partial charge < -0.3 is 10.1 Å². The van der Waals surface area contributed by atoms with Gasteiger partial charge in [0.25, 0.3) is 0 Å². The van der Waals surface area contributed by atoms with Crippen molar-refractivity contribution >= 4 is 5.82 Å². The maximum atomic E-state index is 5.08. The van der Waals surface area contributed by atoms with Crippen LogP contribution in [0, 0.1) is 0 Å². The molecular formula is C12H20N2O. The lowest BCUT2D eigenvalue weighted by Gasteiger charge is -2.26. The number of anilines is 1. The monoisotopic (exact) mass is 208 g/mol. The Morgan fingerprint density at radius 1 is 1.40 bits per heavy atom. The number of aromatic nitrogens is 1. The predicted octanol–water partition coefficient (Wildman–Crippen LogP) is 3.08. The molecule has 0 unspecified atom stereocenters. The number of hydrogen-bond donors (Lipinski definition) is 1. The molecule has 0 aliphatic carbocycles. The number of nitrogens with one attached hydrogen (secondary N) is 1. The number of methoxy groups -OCH3 is 1. The SMILES string of the molecule is CCCC(C)(C)Nc1cccc(OC)n1. The third kappa shape index (κ3) is 3.78. The molecule has 15 heavy (non-hydrogen) atoms. The normalized spacial score (nSPS) is 11.2. The number of rotatable bonds is 5. The quantitative estimate of drug-likeness (QED) is 0.807. The van der Waals surface area contributed by atoms with Gasteiger partial charge in [-0.1, -0.05) is 19.4 Å². The molecule has 0 saturated carbocycles. The highest BCUT2D eigenvalue weighted by Crippen LogP contribution is 2.19. The Morgan fingerprint density at radius 3 is 2.73 bits per heavy atom. The van der Waals surface area contributed by atoms with Crippen LogP contribution in [0.1, 0.15) is 33.6 Å². The van der Waals surface area contributed by atoms with Crippen molar-refractivity contribution in [2.24, 2.45) is 0 Å². The van der Waals surface area contributed by atoms with Crippen LogP contribution in [-0.2, 0) is 0 Å². The molecule has 1 aromatic heterocycles. The molecule has 0 saturated heterocycles. The van der Waals surface area contributed by atoms with Crippen molar-refractivity contribution in [3.8, 4) is 5.88 Å². The number of nitrogens with zero attached hydrogens (tertiary/aromatic N) is 1. The second-order valence-corrected chi connectivity index (χ2v) is 4.32. The van der Waals surface area contributed by atoms with Crippen LogP contribution in [0.3, 0.4) is 0 Å². The molecule has 0 amide bonds. The Bertz CT molecular complexity index is 310. The van der Waals surface area contributed by atoms with Gasteiger partial charge in [0.2, 0.25) is 5.88 Å². The minimum atomic E-state index is 0.0775. The van der Waals surface area contributed by atoms with Crippen molar-refractivity contribution in [3.63, 3.8) is 0 Å². The fourth-order valence-corrected chi connectivity index (χ4v) is 1.63. The van der Waals surface area contributed by atoms with Crippen LogP contribution in [0.2, 0.25) is 0 Å². The summed E-state index contributed by atoms with van der Waals surface area (Å²) in [6.45, 7) is 6.54. The van der Waals surface area contributed by atoms with Crippen molar-refractivity contribution in [1.82, 2.24) is 4.98 Å². The van der Waals surface area contributed by atoms with Crippen molar-refractivity contribution in [2.75, 3.05) is 12.4 Å². The van der Waals surface area contributed by atoms with Gasteiger partial charge in [-0.05, 0) is 26.3 Å². The third-order valence-corrected chi connectivity index (χ3v) is 2.27. The van der Waals surface area contributed by atoms with E-state index in [0.29, 0.717) is 5.88 Å². The van der Waals surface area contributed by atoms with E-state index >= 15 is 0 Å². The van der Waals surface area contributed by atoms with Crippen molar-refractivity contribution < 1.29 is 4.74 Å². The van der Waals surface area contributed by atoms with E-state index < -0.39 is 0 Å². The zero-order chi connectivity index (χ0) is 11.3. The van der Waals surface area contributed by atoms with E-state index in [9.17, 15) is 0 Å². The first-order valence-corrected chi connectivity index (χ1v) is 5.36. The van der Waals surface area contributed by atoms with Crippen LogP contribution >= 0.6 is 0 Å². The summed E-state index contributed by atoms with van der Waals surface area (Å²) in [5.74, 6) is 1.51. The van der Waals surface area contributed by atoms with Gasteiger partial charge in [-0.15, -0.1) is 0 Å². The van der Waals surface area contributed by atoms with Gasteiger partial charge in [-0.25, -0.2) is 0 Å². The Morgan fingerprint density at radius 2 is 2.13 bits per heavy atom. The van der Waals surface area contributed by atoms with Crippen molar-refractivity contribution in [1.29, 1.82) is 0 Å². The van der Waals surface area contributed by atoms with Crippen molar-refractivity contribution in [2.45, 2.75) is 39.2 Å². The molecule has 0 radical (unpaired) electrons. The first-order chi connectivity index (χ1) is 7.07. The molecule has 0 fully saturated rings. The Labute approximate surface area is 91.9 Å². The third-order valence-electron chi connectivity index (χ3n) is 2.27. The molecule has 1 rings (SSSR count). The van der Waals surface area contributed by atoms with Crippen molar-refractivity contribution in [3.05, 3.63) is 18.2 Å². The summed E-state index contributed by atoms with van der Waals surface area (Å²) in [7, 11) is 1.63. The lowest BCUT2D eigenvalue weighted by molar-refractivity contribution is 0.397. The van der Waals surface area contributed by atoms with Gasteiger partial charge >= 0.3 is 0 Å². The minimum Gasteiger partial charge on any atom is -0.481 e. The summed E-state index contributed by atoms with van der Waals surface area (Å²) in [6.07, 6.45) is 2.27. The maximum absolute atomic E-state index is 5.08. The molecular weight excluding hydrogens is 188 g/mol. The molecule has 0 atom stereocenters. The summed E-state index contributed by atoms with van der Waals surface area (Å²) in [5, 5.41) is 3.40. The Hall–Kier alpha value is -1.25. The van der Waals surface area contributed by atoms with Crippen LogP contribution in [0.15, 0.2) is 18.2 Å². The zero-order valence-corrected chi connectivity index (χ0v) is 10.0. The number of ether oxygens (including phenoxy) is 1. The summed E-state index contributed by atoms with van der Waals surface area (Å²) in [5.41, 5.74) is 0.0775. The van der Waals surface area contributed by atoms with E-state index in [0.717, 1.165) is 18.7 Å². The van der Waals surface area contributed by atoms with E-state index in [1.807, 2.05) is 18.2 Å². The van der Waals surface area contributed by atoms with E-state index in [4.69, 9.17) is 4.74 Å². The lowest BCUT2D eigenvalue weighted by Crippen LogP contribution is -2.30.